The summed E-state index contributed by atoms with van der Waals surface area (Å²) in [5.41, 5.74) is 2.40. The number of likely N-dealkylation sites (tertiary alicyclic amines) is 1. The lowest BCUT2D eigenvalue weighted by Crippen LogP contribution is -2.37. The zero-order valence-corrected chi connectivity index (χ0v) is 13.3. The summed E-state index contributed by atoms with van der Waals surface area (Å²) in [5, 5.41) is 3.43. The molecule has 0 saturated carbocycles. The van der Waals surface area contributed by atoms with E-state index in [2.05, 4.69) is 35.3 Å². The van der Waals surface area contributed by atoms with Crippen LogP contribution in [-0.2, 0) is 11.3 Å². The molecule has 1 fully saturated rings. The minimum Gasteiger partial charge on any atom is -0.365 e. The van der Waals surface area contributed by atoms with E-state index in [1.54, 1.807) is 0 Å². The highest BCUT2D eigenvalue weighted by Crippen LogP contribution is 2.19. The Balaban J connectivity index is 1.97. The molecule has 0 aromatic heterocycles. The molecule has 1 aromatic rings. The number of benzene rings is 1. The molecule has 21 heavy (non-hydrogen) atoms. The number of carbonyl (C=O) groups excluding carboxylic acids is 1. The van der Waals surface area contributed by atoms with Crippen LogP contribution in [0.5, 0.6) is 0 Å². The molecular weight excluding hydrogens is 262 g/mol. The van der Waals surface area contributed by atoms with E-state index in [4.69, 9.17) is 0 Å². The first-order chi connectivity index (χ1) is 10.2. The number of nitrogens with zero attached hydrogens (tertiary/aromatic N) is 2. The number of hydrogen-bond donors (Lipinski definition) is 1. The summed E-state index contributed by atoms with van der Waals surface area (Å²) < 4.78 is 0. The van der Waals surface area contributed by atoms with E-state index >= 15 is 0 Å². The molecule has 1 aliphatic heterocycles. The Bertz CT molecular complexity index is 455. The van der Waals surface area contributed by atoms with E-state index in [0.717, 1.165) is 51.1 Å². The highest BCUT2D eigenvalue weighted by molar-refractivity contribution is 5.81. The summed E-state index contributed by atoms with van der Waals surface area (Å²) in [5.74, 6) is 0.242. The Labute approximate surface area is 128 Å². The van der Waals surface area contributed by atoms with E-state index in [9.17, 15) is 4.79 Å². The van der Waals surface area contributed by atoms with E-state index in [1.165, 1.54) is 5.56 Å². The first-order valence-electron chi connectivity index (χ1n) is 8.00. The number of amides is 1. The van der Waals surface area contributed by atoms with Crippen molar-refractivity contribution in [1.82, 2.24) is 10.2 Å². The normalized spacial score (nSPS) is 14.5. The lowest BCUT2D eigenvalue weighted by atomic mass is 10.1. The molecule has 1 heterocycles. The van der Waals surface area contributed by atoms with E-state index < -0.39 is 0 Å². The van der Waals surface area contributed by atoms with Crippen LogP contribution in [0.25, 0.3) is 0 Å². The van der Waals surface area contributed by atoms with Gasteiger partial charge in [0.05, 0.1) is 6.54 Å². The molecule has 1 aromatic carbocycles. The summed E-state index contributed by atoms with van der Waals surface area (Å²) in [4.78, 5) is 16.3. The molecule has 4 nitrogen and oxygen atoms in total. The average Bonchev–Trinajstić information content (AvgIpc) is 3.02. The Hall–Kier alpha value is -1.55. The topological polar surface area (TPSA) is 35.6 Å². The van der Waals surface area contributed by atoms with Crippen LogP contribution in [0, 0.1) is 0 Å². The second-order valence-corrected chi connectivity index (χ2v) is 5.75. The van der Waals surface area contributed by atoms with E-state index in [-0.39, 0.29) is 5.91 Å². The molecule has 0 bridgehead atoms. The van der Waals surface area contributed by atoms with Gasteiger partial charge in [-0.15, -0.1) is 0 Å². The maximum atomic E-state index is 12.3. The third-order valence-electron chi connectivity index (χ3n) is 3.98. The van der Waals surface area contributed by atoms with Gasteiger partial charge in [-0.3, -0.25) is 4.79 Å². The van der Waals surface area contributed by atoms with Crippen molar-refractivity contribution in [2.75, 3.05) is 38.1 Å². The van der Waals surface area contributed by atoms with Gasteiger partial charge in [-0.2, -0.15) is 0 Å². The van der Waals surface area contributed by atoms with Crippen molar-refractivity contribution < 1.29 is 4.79 Å². The highest BCUT2D eigenvalue weighted by atomic mass is 16.2. The van der Waals surface area contributed by atoms with Gasteiger partial charge in [0.25, 0.3) is 0 Å². The zero-order valence-electron chi connectivity index (χ0n) is 13.3. The van der Waals surface area contributed by atoms with Crippen molar-refractivity contribution in [2.45, 2.75) is 32.7 Å². The minimum atomic E-state index is 0.242. The fourth-order valence-electron chi connectivity index (χ4n) is 2.79. The largest absolute Gasteiger partial charge is 0.365 e. The Morgan fingerprint density at radius 2 is 2.00 bits per heavy atom. The number of likely N-dealkylation sites (N-methyl/N-ethyl adjacent to an activating group) is 1. The number of para-hydroxylation sites is 1. The zero-order chi connectivity index (χ0) is 15.1. The molecule has 1 N–H and O–H groups in total. The lowest BCUT2D eigenvalue weighted by molar-refractivity contribution is -0.128. The van der Waals surface area contributed by atoms with E-state index in [0.29, 0.717) is 6.54 Å². The van der Waals surface area contributed by atoms with Crippen LogP contribution in [0.3, 0.4) is 0 Å². The van der Waals surface area contributed by atoms with Crippen LogP contribution in [-0.4, -0.2) is 44.0 Å². The van der Waals surface area contributed by atoms with Crippen LogP contribution in [0.1, 0.15) is 31.7 Å². The van der Waals surface area contributed by atoms with Crippen molar-refractivity contribution in [3.05, 3.63) is 29.8 Å². The lowest BCUT2D eigenvalue weighted by Gasteiger charge is -2.25. The van der Waals surface area contributed by atoms with Gasteiger partial charge in [-0.05, 0) is 37.4 Å². The molecule has 1 saturated heterocycles. The third kappa shape index (κ3) is 4.46. The van der Waals surface area contributed by atoms with Crippen molar-refractivity contribution in [3.8, 4) is 0 Å². The first-order valence-corrected chi connectivity index (χ1v) is 8.00. The predicted octanol–water partition coefficient (Wildman–Crippen LogP) is 2.24. The van der Waals surface area contributed by atoms with Crippen molar-refractivity contribution >= 4 is 11.6 Å². The van der Waals surface area contributed by atoms with Crippen LogP contribution < -0.4 is 10.2 Å². The monoisotopic (exact) mass is 289 g/mol. The van der Waals surface area contributed by atoms with Crippen LogP contribution >= 0.6 is 0 Å². The number of nitrogens with one attached hydrogen (secondary N) is 1. The van der Waals surface area contributed by atoms with Crippen molar-refractivity contribution in [1.29, 1.82) is 0 Å². The van der Waals surface area contributed by atoms with Gasteiger partial charge in [0.15, 0.2) is 0 Å². The molecule has 2 rings (SSSR count). The molecule has 0 unspecified atom stereocenters. The number of anilines is 1. The number of carbonyl (C=O) groups is 1. The maximum absolute atomic E-state index is 12.3. The van der Waals surface area contributed by atoms with Crippen LogP contribution in [0.15, 0.2) is 24.3 Å². The Morgan fingerprint density at radius 1 is 1.29 bits per heavy atom. The molecule has 1 aliphatic rings. The van der Waals surface area contributed by atoms with Gasteiger partial charge >= 0.3 is 0 Å². The summed E-state index contributed by atoms with van der Waals surface area (Å²) in [6.45, 7) is 6.35. The third-order valence-corrected chi connectivity index (χ3v) is 3.98. The second-order valence-electron chi connectivity index (χ2n) is 5.75. The quantitative estimate of drug-likeness (QED) is 0.782. The van der Waals surface area contributed by atoms with Crippen LogP contribution in [0.2, 0.25) is 0 Å². The summed E-state index contributed by atoms with van der Waals surface area (Å²) in [6.07, 6.45) is 3.42. The molecular formula is C17H27N3O. The summed E-state index contributed by atoms with van der Waals surface area (Å²) >= 11 is 0. The highest BCUT2D eigenvalue weighted by Gasteiger charge is 2.19. The SMILES string of the molecule is CCCNCc1ccccc1N(C)CC(=O)N1CCCC1. The average molecular weight is 289 g/mol. The molecule has 0 aliphatic carbocycles. The standard InChI is InChI=1S/C17H27N3O/c1-3-10-18-13-15-8-4-5-9-16(15)19(2)14-17(21)20-11-6-7-12-20/h4-5,8-9,18H,3,6-7,10-14H2,1-2H3. The number of rotatable bonds is 7. The van der Waals surface area contributed by atoms with E-state index in [1.807, 2.05) is 18.0 Å². The summed E-state index contributed by atoms with van der Waals surface area (Å²) in [7, 11) is 2.01. The van der Waals surface area contributed by atoms with Crippen LogP contribution in [0.4, 0.5) is 5.69 Å². The first kappa shape index (κ1) is 15.8. The van der Waals surface area contributed by atoms with Gasteiger partial charge in [0, 0.05) is 32.4 Å². The molecule has 0 spiro atoms. The minimum absolute atomic E-state index is 0.242. The Morgan fingerprint density at radius 3 is 2.71 bits per heavy atom. The predicted molar refractivity (Wildman–Crippen MR) is 87.5 cm³/mol. The molecule has 116 valence electrons. The van der Waals surface area contributed by atoms with Gasteiger partial charge in [-0.25, -0.2) is 0 Å². The van der Waals surface area contributed by atoms with Crippen molar-refractivity contribution in [2.24, 2.45) is 0 Å². The van der Waals surface area contributed by atoms with Crippen molar-refractivity contribution in [3.63, 3.8) is 0 Å². The molecule has 4 heteroatoms. The van der Waals surface area contributed by atoms with Gasteiger partial charge in [0.1, 0.15) is 0 Å². The van der Waals surface area contributed by atoms with Gasteiger partial charge in [0.2, 0.25) is 5.91 Å². The van der Waals surface area contributed by atoms with Gasteiger partial charge in [-0.1, -0.05) is 25.1 Å². The summed E-state index contributed by atoms with van der Waals surface area (Å²) in [6, 6.07) is 8.33. The second kappa shape index (κ2) is 8.03. The number of hydrogen-bond acceptors (Lipinski definition) is 3. The molecule has 0 atom stereocenters. The Kier molecular flexibility index (Phi) is 6.05. The fourth-order valence-corrected chi connectivity index (χ4v) is 2.79. The fraction of sp³-hybridized carbons (Fsp3) is 0.588. The maximum Gasteiger partial charge on any atom is 0.242 e. The molecule has 0 radical (unpaired) electrons. The smallest absolute Gasteiger partial charge is 0.242 e. The molecule has 1 amide bonds. The van der Waals surface area contributed by atoms with Gasteiger partial charge < -0.3 is 15.1 Å².